The number of aromatic nitrogens is 3. The Kier molecular flexibility index (Phi) is 3.70. The molecule has 1 fully saturated rings. The van der Waals surface area contributed by atoms with Crippen molar-refractivity contribution in [3.8, 4) is 0 Å². The Morgan fingerprint density at radius 1 is 1.76 bits per heavy atom. The number of likely N-dealkylation sites (N-methyl/N-ethyl adjacent to an activating group) is 1. The third kappa shape index (κ3) is 3.01. The largest absolute Gasteiger partial charge is 0.476 e. The van der Waals surface area contributed by atoms with Gasteiger partial charge in [-0.05, 0) is 13.5 Å². The van der Waals surface area contributed by atoms with Gasteiger partial charge in [0.05, 0.1) is 19.3 Å². The topological polar surface area (TPSA) is 80.5 Å². The van der Waals surface area contributed by atoms with Gasteiger partial charge in [-0.15, -0.1) is 5.10 Å². The Hall–Kier alpha value is -1.47. The van der Waals surface area contributed by atoms with E-state index < -0.39 is 5.97 Å². The monoisotopic (exact) mass is 240 g/mol. The first kappa shape index (κ1) is 12.0. The molecular weight excluding hydrogens is 224 g/mol. The lowest BCUT2D eigenvalue weighted by Crippen LogP contribution is -2.34. The average molecular weight is 240 g/mol. The average Bonchev–Trinajstić information content (AvgIpc) is 2.97. The number of carbonyl (C=O) groups is 1. The highest BCUT2D eigenvalue weighted by Gasteiger charge is 2.20. The van der Waals surface area contributed by atoms with Gasteiger partial charge in [0.1, 0.15) is 0 Å². The molecule has 2 heterocycles. The van der Waals surface area contributed by atoms with Gasteiger partial charge in [0.25, 0.3) is 0 Å². The van der Waals surface area contributed by atoms with E-state index in [1.54, 1.807) is 4.68 Å². The van der Waals surface area contributed by atoms with Crippen LogP contribution in [0.4, 0.5) is 0 Å². The van der Waals surface area contributed by atoms with E-state index in [9.17, 15) is 4.79 Å². The summed E-state index contributed by atoms with van der Waals surface area (Å²) in [4.78, 5) is 12.8. The molecule has 1 saturated heterocycles. The summed E-state index contributed by atoms with van der Waals surface area (Å²) in [5.74, 6) is -1.05. The van der Waals surface area contributed by atoms with Gasteiger partial charge in [-0.3, -0.25) is 9.58 Å². The fourth-order valence-corrected chi connectivity index (χ4v) is 1.82. The zero-order chi connectivity index (χ0) is 12.3. The van der Waals surface area contributed by atoms with Crippen molar-refractivity contribution in [1.29, 1.82) is 0 Å². The number of hydrogen-bond donors (Lipinski definition) is 1. The van der Waals surface area contributed by atoms with Crippen LogP contribution in [0.1, 0.15) is 16.9 Å². The second kappa shape index (κ2) is 5.24. The first-order valence-electron chi connectivity index (χ1n) is 5.58. The highest BCUT2D eigenvalue weighted by molar-refractivity contribution is 5.84. The molecule has 0 bridgehead atoms. The van der Waals surface area contributed by atoms with Crippen molar-refractivity contribution >= 4 is 5.97 Å². The Morgan fingerprint density at radius 3 is 3.18 bits per heavy atom. The van der Waals surface area contributed by atoms with Crippen LogP contribution in [-0.2, 0) is 11.3 Å². The van der Waals surface area contributed by atoms with Gasteiger partial charge in [-0.2, -0.15) is 0 Å². The van der Waals surface area contributed by atoms with E-state index in [0.717, 1.165) is 26.2 Å². The summed E-state index contributed by atoms with van der Waals surface area (Å²) in [6.45, 7) is 3.03. The summed E-state index contributed by atoms with van der Waals surface area (Å²) < 4.78 is 6.86. The van der Waals surface area contributed by atoms with Crippen molar-refractivity contribution < 1.29 is 14.6 Å². The van der Waals surface area contributed by atoms with Crippen molar-refractivity contribution in [3.05, 3.63) is 11.9 Å². The van der Waals surface area contributed by atoms with Gasteiger partial charge in [-0.25, -0.2) is 4.79 Å². The third-order valence-electron chi connectivity index (χ3n) is 2.97. The maximum Gasteiger partial charge on any atom is 0.358 e. The van der Waals surface area contributed by atoms with Crippen molar-refractivity contribution in [3.63, 3.8) is 0 Å². The molecule has 7 heteroatoms. The predicted molar refractivity (Wildman–Crippen MR) is 58.8 cm³/mol. The summed E-state index contributed by atoms with van der Waals surface area (Å²) in [5, 5.41) is 16.0. The molecule has 17 heavy (non-hydrogen) atoms. The quantitative estimate of drug-likeness (QED) is 0.761. The normalized spacial score (nSPS) is 20.0. The second-order valence-corrected chi connectivity index (χ2v) is 4.17. The summed E-state index contributed by atoms with van der Waals surface area (Å²) in [7, 11) is 2.04. The van der Waals surface area contributed by atoms with Crippen LogP contribution in [0, 0.1) is 0 Å². The molecule has 1 aromatic heterocycles. The molecule has 0 radical (unpaired) electrons. The lowest BCUT2D eigenvalue weighted by molar-refractivity contribution is 0.0690. The summed E-state index contributed by atoms with van der Waals surface area (Å²) in [5.41, 5.74) is -0.0168. The van der Waals surface area contributed by atoms with Crippen LogP contribution in [0.3, 0.4) is 0 Å². The highest BCUT2D eigenvalue weighted by atomic mass is 16.5. The number of aromatic carboxylic acids is 1. The highest BCUT2D eigenvalue weighted by Crippen LogP contribution is 2.10. The molecule has 0 aliphatic carbocycles. The molecule has 0 aromatic carbocycles. The van der Waals surface area contributed by atoms with Crippen LogP contribution < -0.4 is 0 Å². The summed E-state index contributed by atoms with van der Waals surface area (Å²) >= 11 is 0. The zero-order valence-corrected chi connectivity index (χ0v) is 9.74. The van der Waals surface area contributed by atoms with Crippen LogP contribution in [-0.4, -0.2) is 63.8 Å². The van der Waals surface area contributed by atoms with Gasteiger partial charge in [0, 0.05) is 19.2 Å². The van der Waals surface area contributed by atoms with E-state index in [1.165, 1.54) is 6.20 Å². The molecular formula is C10H16N4O3. The van der Waals surface area contributed by atoms with Crippen LogP contribution in [0.2, 0.25) is 0 Å². The molecule has 1 unspecified atom stereocenters. The van der Waals surface area contributed by atoms with Crippen molar-refractivity contribution in [2.45, 2.75) is 19.0 Å². The van der Waals surface area contributed by atoms with E-state index in [4.69, 9.17) is 9.84 Å². The first-order chi connectivity index (χ1) is 8.16. The molecule has 0 saturated carbocycles. The minimum absolute atomic E-state index is 0.0168. The summed E-state index contributed by atoms with van der Waals surface area (Å²) in [6.07, 6.45) is 2.50. The number of carboxylic acids is 1. The van der Waals surface area contributed by atoms with Gasteiger partial charge >= 0.3 is 5.97 Å². The third-order valence-corrected chi connectivity index (χ3v) is 2.97. The molecule has 1 N–H and O–H groups in total. The van der Waals surface area contributed by atoms with E-state index in [-0.39, 0.29) is 5.69 Å². The molecule has 7 nitrogen and oxygen atoms in total. The molecule has 0 spiro atoms. The predicted octanol–water partition coefficient (Wildman–Crippen LogP) is -0.303. The van der Waals surface area contributed by atoms with Crippen LogP contribution in [0.25, 0.3) is 0 Å². The smallest absolute Gasteiger partial charge is 0.358 e. The van der Waals surface area contributed by atoms with Crippen LogP contribution in [0.15, 0.2) is 6.20 Å². The Balaban J connectivity index is 1.82. The minimum atomic E-state index is -1.05. The minimum Gasteiger partial charge on any atom is -0.476 e. The van der Waals surface area contributed by atoms with Crippen molar-refractivity contribution in [2.75, 3.05) is 26.8 Å². The van der Waals surface area contributed by atoms with Crippen LogP contribution in [0.5, 0.6) is 0 Å². The van der Waals surface area contributed by atoms with E-state index >= 15 is 0 Å². The number of carboxylic acid groups (broad SMARTS) is 1. The van der Waals surface area contributed by atoms with E-state index in [1.807, 2.05) is 7.05 Å². The molecule has 1 aromatic rings. The lowest BCUT2D eigenvalue weighted by Gasteiger charge is -2.22. The second-order valence-electron chi connectivity index (χ2n) is 4.17. The molecule has 1 aliphatic heterocycles. The molecule has 94 valence electrons. The first-order valence-corrected chi connectivity index (χ1v) is 5.58. The number of rotatable bonds is 5. The maximum atomic E-state index is 10.6. The Morgan fingerprint density at radius 2 is 2.59 bits per heavy atom. The fourth-order valence-electron chi connectivity index (χ4n) is 1.82. The maximum absolute atomic E-state index is 10.6. The van der Waals surface area contributed by atoms with Gasteiger partial charge < -0.3 is 9.84 Å². The fraction of sp³-hybridized carbons (Fsp3) is 0.700. The number of nitrogens with zero attached hydrogens (tertiary/aromatic N) is 4. The van der Waals surface area contributed by atoms with E-state index in [0.29, 0.717) is 12.6 Å². The molecule has 1 aliphatic rings. The summed E-state index contributed by atoms with van der Waals surface area (Å²) in [6, 6.07) is 0.456. The van der Waals surface area contributed by atoms with Crippen molar-refractivity contribution in [2.24, 2.45) is 0 Å². The molecule has 0 amide bonds. The van der Waals surface area contributed by atoms with E-state index in [2.05, 4.69) is 15.2 Å². The lowest BCUT2D eigenvalue weighted by atomic mass is 10.2. The zero-order valence-electron chi connectivity index (χ0n) is 9.74. The molecule has 1 atom stereocenters. The number of ether oxygens (including phenoxy) is 1. The SMILES string of the molecule is CN(CCn1cc(C(=O)O)nn1)C1CCOC1. The van der Waals surface area contributed by atoms with Gasteiger partial charge in [0.2, 0.25) is 0 Å². The number of hydrogen-bond acceptors (Lipinski definition) is 5. The molecule has 2 rings (SSSR count). The van der Waals surface area contributed by atoms with Crippen molar-refractivity contribution in [1.82, 2.24) is 19.9 Å². The Bertz CT molecular complexity index is 387. The Labute approximate surface area is 99.0 Å². The van der Waals surface area contributed by atoms with Gasteiger partial charge in [0.15, 0.2) is 5.69 Å². The standard InChI is InChI=1S/C10H16N4O3/c1-13(8-2-5-17-7-8)3-4-14-6-9(10(15)16)11-12-14/h6,8H,2-5,7H2,1H3,(H,15,16). The van der Waals surface area contributed by atoms with Crippen LogP contribution >= 0.6 is 0 Å². The van der Waals surface area contributed by atoms with Gasteiger partial charge in [-0.1, -0.05) is 5.21 Å².